The molecule has 8 atom stereocenters. The van der Waals surface area contributed by atoms with Crippen molar-refractivity contribution < 1.29 is 42.9 Å². The molecule has 0 spiro atoms. The molecule has 4 rings (SSSR count). The third-order valence-corrected chi connectivity index (χ3v) is 15.5. The van der Waals surface area contributed by atoms with E-state index in [1.54, 1.807) is 51.3 Å². The average Bonchev–Trinajstić information content (AvgIpc) is 3.56. The Morgan fingerprint density at radius 1 is 0.676 bits per heavy atom. The number of esters is 1. The van der Waals surface area contributed by atoms with Gasteiger partial charge in [0.25, 0.3) is 0 Å². The monoisotopic (exact) mass is 957 g/mol. The van der Waals surface area contributed by atoms with Gasteiger partial charge in [-0.3, -0.25) is 9.59 Å². The number of hydrogen-bond donors (Lipinski definition) is 2. The second-order valence-electron chi connectivity index (χ2n) is 24.9. The van der Waals surface area contributed by atoms with Crippen LogP contribution in [0.25, 0.3) is 0 Å². The lowest BCUT2D eigenvalue weighted by molar-refractivity contribution is -0.155. The number of nitrogens with one attached hydrogen (secondary N) is 2. The minimum atomic E-state index is -0.689. The van der Waals surface area contributed by atoms with Crippen LogP contribution in [-0.2, 0) is 28.5 Å². The molecular formula is C55H96N4O9. The van der Waals surface area contributed by atoms with Crippen molar-refractivity contribution in [3.63, 3.8) is 0 Å². The molecule has 3 fully saturated rings. The van der Waals surface area contributed by atoms with Crippen LogP contribution in [0.2, 0.25) is 0 Å². The molecule has 3 saturated carbocycles. The van der Waals surface area contributed by atoms with Crippen LogP contribution in [0.5, 0.6) is 0 Å². The number of carbonyl (C=O) groups is 5. The average molecular weight is 957 g/mol. The number of rotatable bonds is 21. The number of unbranched alkanes of at least 4 members (excludes halogenated alkanes) is 1. The highest BCUT2D eigenvalue weighted by atomic mass is 16.6. The quantitative estimate of drug-likeness (QED) is 0.0376. The standard InChI is InChI=1S/C55H96N4O9/c1-38(2)20-17-21-39(3)43-24-25-44-42-23-22-40-36-41(26-28-54(40,13)45(42)27-29-55(43,44)14)65-47(61)37-46(60)58(34-18-30-56-48(62)66-51(4,5)6)32-15-16-33-59(50(64)68-53(10,11)12)35-19-31-57-49(63)67-52(7,8)9/h22,38-39,41-45H,15-21,23-37H2,1-14H3,(H,56,62)(H,57,63)/t39-,41+,42+,43-,44+,45+,54+,55-/m1/s1. The number of carbonyl (C=O) groups excluding carboxylic acids is 5. The Hall–Kier alpha value is -3.51. The lowest BCUT2D eigenvalue weighted by Gasteiger charge is -2.58. The first-order valence-corrected chi connectivity index (χ1v) is 26.7. The molecule has 0 aromatic heterocycles. The van der Waals surface area contributed by atoms with Gasteiger partial charge in [0.2, 0.25) is 5.91 Å². The first kappa shape index (κ1) is 57.1. The van der Waals surface area contributed by atoms with Crippen LogP contribution in [0, 0.1) is 46.3 Å². The van der Waals surface area contributed by atoms with E-state index in [1.807, 2.05) is 20.8 Å². The molecule has 4 amide bonds. The van der Waals surface area contributed by atoms with Crippen LogP contribution in [0.1, 0.15) is 200 Å². The molecule has 0 heterocycles. The Kier molecular flexibility index (Phi) is 20.6. The van der Waals surface area contributed by atoms with Crippen LogP contribution >= 0.6 is 0 Å². The second kappa shape index (κ2) is 24.6. The zero-order chi connectivity index (χ0) is 50.7. The number of amides is 4. The first-order chi connectivity index (χ1) is 31.6. The summed E-state index contributed by atoms with van der Waals surface area (Å²) in [5.41, 5.74) is 0.0782. The Morgan fingerprint density at radius 3 is 1.81 bits per heavy atom. The molecular weight excluding hydrogens is 861 g/mol. The number of fused-ring (bicyclic) bond motifs is 5. The molecule has 4 aliphatic rings. The highest BCUT2D eigenvalue weighted by Crippen LogP contribution is 2.67. The minimum Gasteiger partial charge on any atom is -0.462 e. The van der Waals surface area contributed by atoms with Crippen LogP contribution in [0.4, 0.5) is 14.4 Å². The van der Waals surface area contributed by atoms with E-state index < -0.39 is 41.1 Å². The summed E-state index contributed by atoms with van der Waals surface area (Å²) in [5, 5.41) is 5.51. The van der Waals surface area contributed by atoms with Gasteiger partial charge in [-0.1, -0.05) is 65.5 Å². The lowest BCUT2D eigenvalue weighted by Crippen LogP contribution is -2.51. The van der Waals surface area contributed by atoms with Gasteiger partial charge in [0.05, 0.1) is 0 Å². The van der Waals surface area contributed by atoms with Gasteiger partial charge in [0.15, 0.2) is 0 Å². The third kappa shape index (κ3) is 17.4. The molecule has 0 radical (unpaired) electrons. The van der Waals surface area contributed by atoms with Crippen molar-refractivity contribution >= 4 is 30.2 Å². The maximum atomic E-state index is 13.9. The number of allylic oxidation sites excluding steroid dienone is 1. The molecule has 2 N–H and O–H groups in total. The van der Waals surface area contributed by atoms with E-state index in [0.717, 1.165) is 55.3 Å². The van der Waals surface area contributed by atoms with Gasteiger partial charge in [-0.2, -0.15) is 0 Å². The van der Waals surface area contributed by atoms with Gasteiger partial charge < -0.3 is 39.4 Å². The van der Waals surface area contributed by atoms with E-state index in [4.69, 9.17) is 18.9 Å². The summed E-state index contributed by atoms with van der Waals surface area (Å²) in [6.07, 6.45) is 15.6. The van der Waals surface area contributed by atoms with Gasteiger partial charge >= 0.3 is 24.2 Å². The highest BCUT2D eigenvalue weighted by Gasteiger charge is 2.59. The van der Waals surface area contributed by atoms with Crippen LogP contribution in [0.15, 0.2) is 11.6 Å². The molecule has 0 saturated heterocycles. The normalized spacial score (nSPS) is 26.3. The van der Waals surface area contributed by atoms with Gasteiger partial charge in [-0.25, -0.2) is 14.4 Å². The molecule has 0 bridgehead atoms. The van der Waals surface area contributed by atoms with E-state index >= 15 is 0 Å². The third-order valence-electron chi connectivity index (χ3n) is 15.5. The summed E-state index contributed by atoms with van der Waals surface area (Å²) in [5.74, 6) is 3.76. The summed E-state index contributed by atoms with van der Waals surface area (Å²) >= 11 is 0. The topological polar surface area (TPSA) is 153 Å². The lowest BCUT2D eigenvalue weighted by atomic mass is 9.47. The van der Waals surface area contributed by atoms with Crippen molar-refractivity contribution in [1.82, 2.24) is 20.4 Å². The summed E-state index contributed by atoms with van der Waals surface area (Å²) in [7, 11) is 0. The smallest absolute Gasteiger partial charge is 0.410 e. The van der Waals surface area contributed by atoms with Crippen LogP contribution < -0.4 is 10.6 Å². The molecule has 0 aromatic rings. The Labute approximate surface area is 412 Å². The Balaban J connectivity index is 1.33. The zero-order valence-corrected chi connectivity index (χ0v) is 45.2. The van der Waals surface area contributed by atoms with Crippen LogP contribution in [0.3, 0.4) is 0 Å². The maximum absolute atomic E-state index is 13.9. The predicted octanol–water partition coefficient (Wildman–Crippen LogP) is 12.0. The van der Waals surface area contributed by atoms with E-state index in [1.165, 1.54) is 50.5 Å². The molecule has 13 heteroatoms. The fourth-order valence-electron chi connectivity index (χ4n) is 12.4. The van der Waals surface area contributed by atoms with Gasteiger partial charge in [-0.15, -0.1) is 0 Å². The molecule has 390 valence electrons. The van der Waals surface area contributed by atoms with Gasteiger partial charge in [0.1, 0.15) is 29.3 Å². The molecule has 68 heavy (non-hydrogen) atoms. The van der Waals surface area contributed by atoms with Crippen molar-refractivity contribution in [1.29, 1.82) is 0 Å². The maximum Gasteiger partial charge on any atom is 0.410 e. The van der Waals surface area contributed by atoms with Crippen molar-refractivity contribution in [3.8, 4) is 0 Å². The summed E-state index contributed by atoms with van der Waals surface area (Å²) in [6.45, 7) is 30.6. The summed E-state index contributed by atoms with van der Waals surface area (Å²) in [4.78, 5) is 68.5. The molecule has 0 aliphatic heterocycles. The van der Waals surface area contributed by atoms with Gasteiger partial charge in [-0.05, 0) is 179 Å². The van der Waals surface area contributed by atoms with E-state index in [9.17, 15) is 24.0 Å². The van der Waals surface area contributed by atoms with Crippen LogP contribution in [-0.4, -0.2) is 102 Å². The molecule has 0 unspecified atom stereocenters. The van der Waals surface area contributed by atoms with Crippen molar-refractivity contribution in [3.05, 3.63) is 11.6 Å². The number of ether oxygens (including phenoxy) is 4. The Bertz CT molecular complexity index is 1710. The molecule has 4 aliphatic carbocycles. The van der Waals surface area contributed by atoms with Gasteiger partial charge in [0, 0.05) is 45.7 Å². The second-order valence-corrected chi connectivity index (χ2v) is 24.9. The van der Waals surface area contributed by atoms with Crippen molar-refractivity contribution in [2.45, 2.75) is 223 Å². The van der Waals surface area contributed by atoms with Crippen molar-refractivity contribution in [2.24, 2.45) is 46.3 Å². The summed E-state index contributed by atoms with van der Waals surface area (Å²) < 4.78 is 22.5. The first-order valence-electron chi connectivity index (χ1n) is 26.7. The summed E-state index contributed by atoms with van der Waals surface area (Å²) in [6, 6.07) is 0. The number of hydrogen-bond acceptors (Lipinski definition) is 9. The number of nitrogens with zero attached hydrogens (tertiary/aromatic N) is 2. The molecule has 13 nitrogen and oxygen atoms in total. The minimum absolute atomic E-state index is 0.129. The Morgan fingerprint density at radius 2 is 1.24 bits per heavy atom. The zero-order valence-electron chi connectivity index (χ0n) is 45.2. The van der Waals surface area contributed by atoms with E-state index in [-0.39, 0.29) is 23.8 Å². The fourth-order valence-corrected chi connectivity index (χ4v) is 12.4. The van der Waals surface area contributed by atoms with E-state index in [0.29, 0.717) is 76.3 Å². The predicted molar refractivity (Wildman–Crippen MR) is 269 cm³/mol. The fraction of sp³-hybridized carbons (Fsp3) is 0.873. The molecule has 0 aromatic carbocycles. The SMILES string of the molecule is CC(C)CCC[C@@H](C)[C@H]1CC[C@H]2[C@@H]3CC=C4C[C@@H](OC(=O)CC(=O)N(CCCCN(CCCNC(=O)OC(C)(C)C)C(=O)OC(C)(C)C)CCCNC(=O)OC(C)(C)C)CC[C@]4(C)[C@H]3CC[C@]12C. The van der Waals surface area contributed by atoms with E-state index in [2.05, 4.69) is 51.3 Å². The largest absolute Gasteiger partial charge is 0.462 e. The highest BCUT2D eigenvalue weighted by molar-refractivity contribution is 5.94. The van der Waals surface area contributed by atoms with Crippen molar-refractivity contribution in [2.75, 3.05) is 39.3 Å². The number of alkyl carbamates (subject to hydrolysis) is 2.